The number of nitrogens with one attached hydrogen (secondary N) is 2. The number of amides is 2. The van der Waals surface area contributed by atoms with Gasteiger partial charge in [0, 0.05) is 5.69 Å². The zero-order valence-electron chi connectivity index (χ0n) is 11.7. The third kappa shape index (κ3) is 4.44. The lowest BCUT2D eigenvalue weighted by atomic mass is 9.79. The van der Waals surface area contributed by atoms with Crippen molar-refractivity contribution < 1.29 is 19.1 Å². The number of carboxylic acids is 1. The van der Waals surface area contributed by atoms with Crippen molar-refractivity contribution >= 4 is 17.7 Å². The van der Waals surface area contributed by atoms with E-state index in [0.717, 1.165) is 19.3 Å². The van der Waals surface area contributed by atoms with E-state index in [1.807, 2.05) is 0 Å². The first kappa shape index (κ1) is 15.3. The van der Waals surface area contributed by atoms with Crippen molar-refractivity contribution in [2.24, 2.45) is 0 Å². The fraction of sp³-hybridized carbons (Fsp3) is 0.467. The normalized spacial score (nSPS) is 17.0. The Balaban J connectivity index is 2.00. The summed E-state index contributed by atoms with van der Waals surface area (Å²) in [6.07, 6.45) is 4.12. The van der Waals surface area contributed by atoms with Gasteiger partial charge in [-0.2, -0.15) is 0 Å². The van der Waals surface area contributed by atoms with Gasteiger partial charge in [-0.3, -0.25) is 4.79 Å². The average Bonchev–Trinajstić information content (AvgIpc) is 2.41. The van der Waals surface area contributed by atoms with Crippen LogP contribution in [0.5, 0.6) is 0 Å². The molecule has 1 aromatic rings. The predicted octanol–water partition coefficient (Wildman–Crippen LogP) is 3.12. The minimum Gasteiger partial charge on any atom is -0.481 e. The third-order valence-corrected chi connectivity index (χ3v) is 3.78. The minimum absolute atomic E-state index is 0.0795. The van der Waals surface area contributed by atoms with Gasteiger partial charge in [-0.05, 0) is 37.1 Å². The molecule has 0 atom stereocenters. The molecule has 114 valence electrons. The molecule has 0 saturated heterocycles. The van der Waals surface area contributed by atoms with Crippen LogP contribution < -0.4 is 10.6 Å². The molecule has 0 aromatic heterocycles. The smallest absolute Gasteiger partial charge is 0.319 e. The van der Waals surface area contributed by atoms with E-state index in [0.29, 0.717) is 18.5 Å². The molecule has 1 fully saturated rings. The van der Waals surface area contributed by atoms with E-state index in [2.05, 4.69) is 10.6 Å². The summed E-state index contributed by atoms with van der Waals surface area (Å²) < 4.78 is 12.8. The van der Waals surface area contributed by atoms with Crippen molar-refractivity contribution in [3.63, 3.8) is 0 Å². The van der Waals surface area contributed by atoms with Crippen LogP contribution in [-0.2, 0) is 4.79 Å². The van der Waals surface area contributed by atoms with Crippen LogP contribution in [0.2, 0.25) is 0 Å². The molecule has 0 aliphatic heterocycles. The zero-order chi connectivity index (χ0) is 15.3. The van der Waals surface area contributed by atoms with E-state index in [-0.39, 0.29) is 12.2 Å². The molecule has 0 heterocycles. The number of hydrogen-bond acceptors (Lipinski definition) is 2. The Morgan fingerprint density at radius 3 is 2.33 bits per heavy atom. The van der Waals surface area contributed by atoms with E-state index in [9.17, 15) is 14.0 Å². The summed E-state index contributed by atoms with van der Waals surface area (Å²) >= 11 is 0. The summed E-state index contributed by atoms with van der Waals surface area (Å²) in [5.41, 5.74) is -0.219. The van der Waals surface area contributed by atoms with Gasteiger partial charge in [0.05, 0.1) is 12.0 Å². The van der Waals surface area contributed by atoms with Gasteiger partial charge < -0.3 is 15.7 Å². The summed E-state index contributed by atoms with van der Waals surface area (Å²) in [7, 11) is 0. The van der Waals surface area contributed by atoms with Gasteiger partial charge in [0.15, 0.2) is 0 Å². The molecule has 2 amide bonds. The molecule has 0 bridgehead atoms. The average molecular weight is 294 g/mol. The minimum atomic E-state index is -0.918. The summed E-state index contributed by atoms with van der Waals surface area (Å²) in [4.78, 5) is 23.1. The third-order valence-electron chi connectivity index (χ3n) is 3.78. The highest BCUT2D eigenvalue weighted by atomic mass is 19.1. The van der Waals surface area contributed by atoms with E-state index in [1.165, 1.54) is 24.3 Å². The van der Waals surface area contributed by atoms with Crippen molar-refractivity contribution in [2.45, 2.75) is 44.1 Å². The van der Waals surface area contributed by atoms with Gasteiger partial charge in [0.2, 0.25) is 0 Å². The lowest BCUT2D eigenvalue weighted by Crippen LogP contribution is -2.52. The van der Waals surface area contributed by atoms with Crippen LogP contribution in [0.25, 0.3) is 0 Å². The highest BCUT2D eigenvalue weighted by Crippen LogP contribution is 2.31. The highest BCUT2D eigenvalue weighted by Gasteiger charge is 2.35. The Hall–Kier alpha value is -2.11. The van der Waals surface area contributed by atoms with Gasteiger partial charge in [0.1, 0.15) is 5.82 Å². The van der Waals surface area contributed by atoms with Crippen LogP contribution in [-0.4, -0.2) is 22.6 Å². The number of hydrogen-bond donors (Lipinski definition) is 3. The molecule has 1 saturated carbocycles. The molecule has 2 rings (SSSR count). The summed E-state index contributed by atoms with van der Waals surface area (Å²) in [6, 6.07) is 4.97. The lowest BCUT2D eigenvalue weighted by molar-refractivity contribution is -0.138. The van der Waals surface area contributed by atoms with Crippen molar-refractivity contribution in [1.29, 1.82) is 0 Å². The molecule has 3 N–H and O–H groups in total. The fourth-order valence-electron chi connectivity index (χ4n) is 2.80. The highest BCUT2D eigenvalue weighted by molar-refractivity contribution is 5.90. The van der Waals surface area contributed by atoms with Crippen LogP contribution >= 0.6 is 0 Å². The SMILES string of the molecule is O=C(O)CC1(NC(=O)Nc2ccc(F)cc2)CCCCC1. The first-order valence-electron chi connectivity index (χ1n) is 7.06. The molecule has 6 heteroatoms. The van der Waals surface area contributed by atoms with Crippen LogP contribution in [0.15, 0.2) is 24.3 Å². The Labute approximate surface area is 122 Å². The second-order valence-electron chi connectivity index (χ2n) is 5.50. The molecule has 21 heavy (non-hydrogen) atoms. The number of carbonyl (C=O) groups is 2. The Kier molecular flexibility index (Phi) is 4.77. The molecule has 1 aromatic carbocycles. The molecular formula is C15H19FN2O3. The standard InChI is InChI=1S/C15H19FN2O3/c16-11-4-6-12(7-5-11)17-14(21)18-15(10-13(19)20)8-2-1-3-9-15/h4-7H,1-3,8-10H2,(H,19,20)(H2,17,18,21). The number of anilines is 1. The van der Waals surface area contributed by atoms with Gasteiger partial charge in [-0.1, -0.05) is 19.3 Å². The number of carbonyl (C=O) groups excluding carboxylic acids is 1. The Morgan fingerprint density at radius 1 is 1.14 bits per heavy atom. The maximum atomic E-state index is 12.8. The summed E-state index contributed by atoms with van der Waals surface area (Å²) in [5.74, 6) is -1.30. The van der Waals surface area contributed by atoms with E-state index in [1.54, 1.807) is 0 Å². The van der Waals surface area contributed by atoms with Crippen LogP contribution in [0.4, 0.5) is 14.9 Å². The number of carboxylic acid groups (broad SMARTS) is 1. The molecule has 1 aliphatic carbocycles. The topological polar surface area (TPSA) is 78.4 Å². The number of rotatable bonds is 4. The lowest BCUT2D eigenvalue weighted by Gasteiger charge is -2.36. The van der Waals surface area contributed by atoms with E-state index < -0.39 is 17.5 Å². The van der Waals surface area contributed by atoms with Crippen molar-refractivity contribution in [2.75, 3.05) is 5.32 Å². The largest absolute Gasteiger partial charge is 0.481 e. The van der Waals surface area contributed by atoms with Gasteiger partial charge in [-0.15, -0.1) is 0 Å². The maximum absolute atomic E-state index is 12.8. The van der Waals surface area contributed by atoms with Gasteiger partial charge in [0.25, 0.3) is 0 Å². The van der Waals surface area contributed by atoms with Crippen molar-refractivity contribution in [3.05, 3.63) is 30.1 Å². The first-order chi connectivity index (χ1) is 9.99. The molecular weight excluding hydrogens is 275 g/mol. The molecule has 1 aliphatic rings. The molecule has 5 nitrogen and oxygen atoms in total. The molecule has 0 unspecified atom stereocenters. The van der Waals surface area contributed by atoms with Crippen LogP contribution in [0.3, 0.4) is 0 Å². The van der Waals surface area contributed by atoms with Crippen molar-refractivity contribution in [1.82, 2.24) is 5.32 Å². The maximum Gasteiger partial charge on any atom is 0.319 e. The van der Waals surface area contributed by atoms with Crippen LogP contribution in [0.1, 0.15) is 38.5 Å². The number of aliphatic carboxylic acids is 1. The first-order valence-corrected chi connectivity index (χ1v) is 7.06. The quantitative estimate of drug-likeness (QED) is 0.798. The number of halogens is 1. The van der Waals surface area contributed by atoms with Crippen molar-refractivity contribution in [3.8, 4) is 0 Å². The van der Waals surface area contributed by atoms with Gasteiger partial charge >= 0.3 is 12.0 Å². The second-order valence-corrected chi connectivity index (χ2v) is 5.50. The van der Waals surface area contributed by atoms with E-state index >= 15 is 0 Å². The summed E-state index contributed by atoms with van der Waals surface area (Å²) in [5, 5.41) is 14.5. The summed E-state index contributed by atoms with van der Waals surface area (Å²) in [6.45, 7) is 0. The molecule has 0 spiro atoms. The zero-order valence-corrected chi connectivity index (χ0v) is 11.7. The monoisotopic (exact) mass is 294 g/mol. The number of urea groups is 1. The predicted molar refractivity (Wildman–Crippen MR) is 76.6 cm³/mol. The fourth-order valence-corrected chi connectivity index (χ4v) is 2.80. The van der Waals surface area contributed by atoms with Gasteiger partial charge in [-0.25, -0.2) is 9.18 Å². The Morgan fingerprint density at radius 2 is 1.76 bits per heavy atom. The van der Waals surface area contributed by atoms with E-state index in [4.69, 9.17) is 5.11 Å². The number of benzene rings is 1. The second kappa shape index (κ2) is 6.56. The van der Waals surface area contributed by atoms with Crippen LogP contribution in [0, 0.1) is 5.82 Å². The Bertz CT molecular complexity index is 510. The molecule has 0 radical (unpaired) electrons.